The Morgan fingerprint density at radius 2 is 2.12 bits per heavy atom. The van der Waals surface area contributed by atoms with Gasteiger partial charge in [0.2, 0.25) is 0 Å². The van der Waals surface area contributed by atoms with Gasteiger partial charge in [-0.1, -0.05) is 31.9 Å². The van der Waals surface area contributed by atoms with Crippen molar-refractivity contribution in [2.75, 3.05) is 14.1 Å². The van der Waals surface area contributed by atoms with Gasteiger partial charge in [-0.05, 0) is 19.3 Å². The Hall–Kier alpha value is -0.780. The van der Waals surface area contributed by atoms with Gasteiger partial charge >= 0.3 is 0 Å². The first-order valence-corrected chi connectivity index (χ1v) is 6.24. The molecule has 1 atom stereocenters. The average Bonchev–Trinajstić information content (AvgIpc) is 2.24. The summed E-state index contributed by atoms with van der Waals surface area (Å²) in [4.78, 5) is 0. The minimum Gasteiger partial charge on any atom is -0.250 e. The van der Waals surface area contributed by atoms with Crippen molar-refractivity contribution in [3.8, 4) is 12.3 Å². The summed E-state index contributed by atoms with van der Waals surface area (Å²) in [5.74, 6) is 2.66. The molecule has 1 N–H and O–H groups in total. The van der Waals surface area contributed by atoms with Crippen molar-refractivity contribution in [2.24, 2.45) is 0 Å². The number of rotatable bonds is 9. The van der Waals surface area contributed by atoms with E-state index in [4.69, 9.17) is 6.42 Å². The van der Waals surface area contributed by atoms with Crippen LogP contribution in [0.2, 0.25) is 0 Å². The number of allylic oxidation sites excluding steroid dienone is 1. The summed E-state index contributed by atoms with van der Waals surface area (Å²) in [6.45, 7) is 2.23. The lowest BCUT2D eigenvalue weighted by Gasteiger charge is -2.20. The highest BCUT2D eigenvalue weighted by Gasteiger charge is 2.03. The predicted octanol–water partition coefficient (Wildman–Crippen LogP) is 2.97. The van der Waals surface area contributed by atoms with Gasteiger partial charge in [0.1, 0.15) is 0 Å². The van der Waals surface area contributed by atoms with Gasteiger partial charge in [-0.15, -0.1) is 12.3 Å². The SMILES string of the molecule is C#CCCC/C=C/C(CCCC)NN(C)C. The van der Waals surface area contributed by atoms with Crippen LogP contribution >= 0.6 is 0 Å². The standard InChI is InChI=1S/C14H26N2/c1-5-7-9-10-11-13-14(12-8-6-2)15-16(3)4/h1,11,13-15H,6-10,12H2,2-4H3/b13-11+. The third kappa shape index (κ3) is 9.76. The molecule has 0 aromatic rings. The van der Waals surface area contributed by atoms with Crippen LogP contribution in [0.4, 0.5) is 0 Å². The molecule has 0 radical (unpaired) electrons. The van der Waals surface area contributed by atoms with Gasteiger partial charge in [-0.2, -0.15) is 0 Å². The van der Waals surface area contributed by atoms with E-state index in [-0.39, 0.29) is 0 Å². The van der Waals surface area contributed by atoms with Gasteiger partial charge in [0.05, 0.1) is 0 Å². The maximum absolute atomic E-state index is 5.21. The molecule has 0 aliphatic carbocycles. The second-order valence-corrected chi connectivity index (χ2v) is 4.30. The number of terminal acetylenes is 1. The predicted molar refractivity (Wildman–Crippen MR) is 72.0 cm³/mol. The van der Waals surface area contributed by atoms with E-state index in [0.717, 1.165) is 19.3 Å². The Labute approximate surface area is 101 Å². The zero-order valence-corrected chi connectivity index (χ0v) is 11.0. The van der Waals surface area contributed by atoms with Crippen molar-refractivity contribution < 1.29 is 0 Å². The van der Waals surface area contributed by atoms with Crippen LogP contribution in [0.3, 0.4) is 0 Å². The fourth-order valence-electron chi connectivity index (χ4n) is 1.54. The maximum atomic E-state index is 5.21. The van der Waals surface area contributed by atoms with Crippen LogP contribution in [0.5, 0.6) is 0 Å². The van der Waals surface area contributed by atoms with E-state index in [1.807, 2.05) is 19.1 Å². The Bertz CT molecular complexity index is 213. The van der Waals surface area contributed by atoms with Crippen LogP contribution in [0.1, 0.15) is 45.4 Å². The van der Waals surface area contributed by atoms with Crippen LogP contribution in [0.15, 0.2) is 12.2 Å². The highest BCUT2D eigenvalue weighted by atomic mass is 15.5. The molecule has 0 fully saturated rings. The van der Waals surface area contributed by atoms with Gasteiger partial charge in [0.15, 0.2) is 0 Å². The van der Waals surface area contributed by atoms with E-state index in [1.165, 1.54) is 19.3 Å². The number of hydrogen-bond donors (Lipinski definition) is 1. The van der Waals surface area contributed by atoms with Gasteiger partial charge in [-0.25, -0.2) is 5.43 Å². The van der Waals surface area contributed by atoms with Crippen molar-refractivity contribution in [3.63, 3.8) is 0 Å². The van der Waals surface area contributed by atoms with Gasteiger partial charge < -0.3 is 0 Å². The average molecular weight is 222 g/mol. The van der Waals surface area contributed by atoms with E-state index in [1.54, 1.807) is 0 Å². The summed E-state index contributed by atoms with van der Waals surface area (Å²) >= 11 is 0. The van der Waals surface area contributed by atoms with Crippen molar-refractivity contribution in [1.29, 1.82) is 0 Å². The van der Waals surface area contributed by atoms with Crippen LogP contribution in [-0.4, -0.2) is 25.1 Å². The van der Waals surface area contributed by atoms with Gasteiger partial charge in [-0.3, -0.25) is 5.01 Å². The molecule has 92 valence electrons. The third-order valence-corrected chi connectivity index (χ3v) is 2.35. The number of hydrazine groups is 1. The third-order valence-electron chi connectivity index (χ3n) is 2.35. The zero-order valence-electron chi connectivity index (χ0n) is 11.0. The molecule has 0 aromatic heterocycles. The highest BCUT2D eigenvalue weighted by molar-refractivity contribution is 4.93. The highest BCUT2D eigenvalue weighted by Crippen LogP contribution is 2.04. The summed E-state index contributed by atoms with van der Waals surface area (Å²) in [6, 6.07) is 0.459. The lowest BCUT2D eigenvalue weighted by Crippen LogP contribution is -2.38. The number of nitrogens with one attached hydrogen (secondary N) is 1. The van der Waals surface area contributed by atoms with Crippen molar-refractivity contribution in [3.05, 3.63) is 12.2 Å². The molecule has 0 aliphatic rings. The first kappa shape index (κ1) is 15.2. The Kier molecular flexibility index (Phi) is 10.2. The van der Waals surface area contributed by atoms with E-state index >= 15 is 0 Å². The van der Waals surface area contributed by atoms with E-state index in [2.05, 4.69) is 30.4 Å². The normalized spacial score (nSPS) is 13.2. The van der Waals surface area contributed by atoms with Gasteiger partial charge in [0.25, 0.3) is 0 Å². The minimum atomic E-state index is 0.459. The maximum Gasteiger partial charge on any atom is 0.0395 e. The minimum absolute atomic E-state index is 0.459. The molecule has 2 nitrogen and oxygen atoms in total. The Balaban J connectivity index is 3.84. The summed E-state index contributed by atoms with van der Waals surface area (Å²) < 4.78 is 0. The topological polar surface area (TPSA) is 15.3 Å². The van der Waals surface area contributed by atoms with E-state index in [9.17, 15) is 0 Å². The van der Waals surface area contributed by atoms with Crippen LogP contribution in [-0.2, 0) is 0 Å². The molecule has 0 saturated heterocycles. The smallest absolute Gasteiger partial charge is 0.0395 e. The number of nitrogens with zero attached hydrogens (tertiary/aromatic N) is 1. The molecular formula is C14H26N2. The Morgan fingerprint density at radius 3 is 2.69 bits per heavy atom. The second kappa shape index (κ2) is 10.7. The van der Waals surface area contributed by atoms with Crippen LogP contribution in [0, 0.1) is 12.3 Å². The fourth-order valence-corrected chi connectivity index (χ4v) is 1.54. The second-order valence-electron chi connectivity index (χ2n) is 4.30. The molecule has 0 aromatic carbocycles. The quantitative estimate of drug-likeness (QED) is 0.279. The Morgan fingerprint density at radius 1 is 1.38 bits per heavy atom. The lowest BCUT2D eigenvalue weighted by atomic mass is 10.1. The molecule has 0 amide bonds. The largest absolute Gasteiger partial charge is 0.250 e. The molecule has 0 bridgehead atoms. The van der Waals surface area contributed by atoms with E-state index < -0.39 is 0 Å². The lowest BCUT2D eigenvalue weighted by molar-refractivity contribution is 0.255. The molecule has 0 heterocycles. The number of hydrogen-bond acceptors (Lipinski definition) is 2. The van der Waals surface area contributed by atoms with Gasteiger partial charge in [0, 0.05) is 26.6 Å². The summed E-state index contributed by atoms with van der Waals surface area (Å²) in [6.07, 6.45) is 16.5. The first-order chi connectivity index (χ1) is 7.70. The first-order valence-electron chi connectivity index (χ1n) is 6.24. The zero-order chi connectivity index (χ0) is 12.2. The molecule has 0 saturated carbocycles. The van der Waals surface area contributed by atoms with Crippen molar-refractivity contribution >= 4 is 0 Å². The van der Waals surface area contributed by atoms with Crippen LogP contribution in [0.25, 0.3) is 0 Å². The fraction of sp³-hybridized carbons (Fsp3) is 0.714. The van der Waals surface area contributed by atoms with Crippen LogP contribution < -0.4 is 5.43 Å². The van der Waals surface area contributed by atoms with Crippen molar-refractivity contribution in [1.82, 2.24) is 10.4 Å². The van der Waals surface area contributed by atoms with Crippen molar-refractivity contribution in [2.45, 2.75) is 51.5 Å². The molecule has 0 spiro atoms. The molecule has 0 rings (SSSR count). The van der Waals surface area contributed by atoms with E-state index in [0.29, 0.717) is 6.04 Å². The summed E-state index contributed by atoms with van der Waals surface area (Å²) in [7, 11) is 4.07. The summed E-state index contributed by atoms with van der Waals surface area (Å²) in [5, 5.41) is 2.02. The monoisotopic (exact) mass is 222 g/mol. The molecule has 0 aliphatic heterocycles. The molecule has 16 heavy (non-hydrogen) atoms. The summed E-state index contributed by atoms with van der Waals surface area (Å²) in [5.41, 5.74) is 3.41. The molecule has 2 heteroatoms. The molecule has 1 unspecified atom stereocenters. The number of unbranched alkanes of at least 4 members (excludes halogenated alkanes) is 3. The molecular weight excluding hydrogens is 196 g/mol.